The van der Waals surface area contributed by atoms with E-state index < -0.39 is 5.97 Å². The van der Waals surface area contributed by atoms with Gasteiger partial charge in [-0.25, -0.2) is 4.79 Å². The van der Waals surface area contributed by atoms with E-state index in [0.717, 1.165) is 10.4 Å². The van der Waals surface area contributed by atoms with Gasteiger partial charge in [-0.15, -0.1) is 11.3 Å². The third-order valence-corrected chi connectivity index (χ3v) is 5.28. The molecule has 0 aliphatic heterocycles. The Morgan fingerprint density at radius 3 is 2.48 bits per heavy atom. The molecule has 0 radical (unpaired) electrons. The van der Waals surface area contributed by atoms with Gasteiger partial charge in [0.1, 0.15) is 10.8 Å². The summed E-state index contributed by atoms with van der Waals surface area (Å²) in [5.41, 5.74) is 2.29. The first-order valence-electron chi connectivity index (χ1n) is 8.53. The van der Waals surface area contributed by atoms with E-state index in [1.165, 1.54) is 25.4 Å². The summed E-state index contributed by atoms with van der Waals surface area (Å²) in [5, 5.41) is 3.27. The maximum absolute atomic E-state index is 12.6. The Hall–Kier alpha value is -2.67. The number of carbonyl (C=O) groups is 3. The normalized spacial score (nSPS) is 10.4. The van der Waals surface area contributed by atoms with E-state index in [0.29, 0.717) is 27.4 Å². The first-order valence-corrected chi connectivity index (χ1v) is 9.34. The van der Waals surface area contributed by atoms with Gasteiger partial charge in [-0.1, -0.05) is 0 Å². The molecule has 1 amide bonds. The number of anilines is 1. The van der Waals surface area contributed by atoms with Gasteiger partial charge < -0.3 is 14.8 Å². The summed E-state index contributed by atoms with van der Waals surface area (Å²) < 4.78 is 10.4. The van der Waals surface area contributed by atoms with Crippen LogP contribution in [0.15, 0.2) is 18.2 Å². The minimum atomic E-state index is -0.453. The smallest absolute Gasteiger partial charge is 0.341 e. The Kier molecular flexibility index (Phi) is 6.74. The molecule has 1 N–H and O–H groups in total. The number of thiophene rings is 1. The van der Waals surface area contributed by atoms with Gasteiger partial charge in [0.25, 0.3) is 0 Å². The second kappa shape index (κ2) is 8.81. The van der Waals surface area contributed by atoms with Crippen LogP contribution in [-0.4, -0.2) is 31.4 Å². The molecule has 27 heavy (non-hydrogen) atoms. The predicted molar refractivity (Wildman–Crippen MR) is 105 cm³/mol. The van der Waals surface area contributed by atoms with Crippen LogP contribution in [0, 0.1) is 13.8 Å². The van der Waals surface area contributed by atoms with Crippen molar-refractivity contribution in [2.75, 3.05) is 19.0 Å². The molecule has 0 aliphatic rings. The van der Waals surface area contributed by atoms with Crippen LogP contribution in [0.5, 0.6) is 5.75 Å². The Bertz CT molecular complexity index is 885. The molecule has 0 fully saturated rings. The van der Waals surface area contributed by atoms with Gasteiger partial charge in [0.15, 0.2) is 5.78 Å². The maximum Gasteiger partial charge on any atom is 0.341 e. The van der Waals surface area contributed by atoms with E-state index in [9.17, 15) is 14.4 Å². The molecule has 0 atom stereocenters. The van der Waals surface area contributed by atoms with Gasteiger partial charge in [0, 0.05) is 16.0 Å². The minimum absolute atomic E-state index is 0.0164. The van der Waals surface area contributed by atoms with Crippen molar-refractivity contribution in [2.24, 2.45) is 0 Å². The standard InChI is InChI=1S/C20H23NO5S/c1-6-26-20(24)18-11(2)13(4)27-19(18)21-17(23)10-15-9-14(12(3)22)7-8-16(15)25-5/h7-9H,6,10H2,1-5H3,(H,21,23). The highest BCUT2D eigenvalue weighted by Crippen LogP contribution is 2.33. The van der Waals surface area contributed by atoms with Crippen molar-refractivity contribution in [3.63, 3.8) is 0 Å². The van der Waals surface area contributed by atoms with E-state index >= 15 is 0 Å². The number of aryl methyl sites for hydroxylation is 1. The van der Waals surface area contributed by atoms with E-state index in [-0.39, 0.29) is 24.7 Å². The predicted octanol–water partition coefficient (Wildman–Crippen LogP) is 3.93. The van der Waals surface area contributed by atoms with Gasteiger partial charge in [0.05, 0.1) is 25.7 Å². The number of methoxy groups -OCH3 is 1. The Balaban J connectivity index is 2.27. The van der Waals surface area contributed by atoms with E-state index in [1.54, 1.807) is 25.1 Å². The zero-order valence-corrected chi connectivity index (χ0v) is 16.9. The van der Waals surface area contributed by atoms with Gasteiger partial charge in [0.2, 0.25) is 5.91 Å². The van der Waals surface area contributed by atoms with Crippen molar-refractivity contribution in [2.45, 2.75) is 34.1 Å². The molecule has 2 rings (SSSR count). The third-order valence-electron chi connectivity index (χ3n) is 4.16. The SMILES string of the molecule is CCOC(=O)c1c(NC(=O)Cc2cc(C(C)=O)ccc2OC)sc(C)c1C. The maximum atomic E-state index is 12.6. The number of hydrogen-bond donors (Lipinski definition) is 1. The molecule has 0 aliphatic carbocycles. The van der Waals surface area contributed by atoms with Crippen LogP contribution in [-0.2, 0) is 16.0 Å². The average molecular weight is 389 g/mol. The molecule has 0 unspecified atom stereocenters. The fourth-order valence-corrected chi connectivity index (χ4v) is 3.71. The van der Waals surface area contributed by atoms with Crippen molar-refractivity contribution >= 4 is 34.0 Å². The van der Waals surface area contributed by atoms with Crippen LogP contribution < -0.4 is 10.1 Å². The highest BCUT2D eigenvalue weighted by Gasteiger charge is 2.22. The first-order chi connectivity index (χ1) is 12.8. The zero-order valence-electron chi connectivity index (χ0n) is 16.1. The first kappa shape index (κ1) is 20.6. The highest BCUT2D eigenvalue weighted by molar-refractivity contribution is 7.16. The number of Topliss-reactive ketones (excluding diaryl/α,β-unsaturated/α-hetero) is 1. The molecule has 1 aromatic carbocycles. The molecule has 0 saturated heterocycles. The van der Waals surface area contributed by atoms with Gasteiger partial charge in [-0.05, 0) is 51.5 Å². The number of nitrogens with one attached hydrogen (secondary N) is 1. The number of esters is 1. The van der Waals surface area contributed by atoms with Crippen LogP contribution >= 0.6 is 11.3 Å². The molecule has 0 spiro atoms. The quantitative estimate of drug-likeness (QED) is 0.573. The van der Waals surface area contributed by atoms with Crippen molar-refractivity contribution < 1.29 is 23.9 Å². The molecule has 1 aromatic heterocycles. The summed E-state index contributed by atoms with van der Waals surface area (Å²) in [6, 6.07) is 4.98. The largest absolute Gasteiger partial charge is 0.496 e. The van der Waals surface area contributed by atoms with Crippen LogP contribution in [0.3, 0.4) is 0 Å². The van der Waals surface area contributed by atoms with Crippen LogP contribution in [0.4, 0.5) is 5.00 Å². The molecule has 0 bridgehead atoms. The molecular formula is C20H23NO5S. The van der Waals surface area contributed by atoms with Crippen LogP contribution in [0.2, 0.25) is 0 Å². The summed E-state index contributed by atoms with van der Waals surface area (Å²) in [6.07, 6.45) is 0.0164. The summed E-state index contributed by atoms with van der Waals surface area (Å²) in [5.74, 6) is -0.320. The second-order valence-corrected chi connectivity index (χ2v) is 7.24. The lowest BCUT2D eigenvalue weighted by atomic mass is 10.0. The van der Waals surface area contributed by atoms with Gasteiger partial charge in [-0.3, -0.25) is 9.59 Å². The number of ether oxygens (including phenoxy) is 2. The van der Waals surface area contributed by atoms with Crippen LogP contribution in [0.1, 0.15) is 50.6 Å². The Labute approximate surface area is 162 Å². The van der Waals surface area contributed by atoms with Crippen LogP contribution in [0.25, 0.3) is 0 Å². The topological polar surface area (TPSA) is 81.7 Å². The zero-order chi connectivity index (χ0) is 20.1. The number of amides is 1. The van der Waals surface area contributed by atoms with E-state index in [1.807, 2.05) is 13.8 Å². The lowest BCUT2D eigenvalue weighted by Gasteiger charge is -2.11. The number of rotatable bonds is 7. The lowest BCUT2D eigenvalue weighted by molar-refractivity contribution is -0.115. The third kappa shape index (κ3) is 4.74. The Morgan fingerprint density at radius 2 is 1.89 bits per heavy atom. The van der Waals surface area contributed by atoms with Crippen molar-refractivity contribution in [3.8, 4) is 5.75 Å². The average Bonchev–Trinajstić information content (AvgIpc) is 2.88. The molecule has 2 aromatic rings. The molecule has 0 saturated carbocycles. The van der Waals surface area contributed by atoms with E-state index in [2.05, 4.69) is 5.32 Å². The van der Waals surface area contributed by atoms with E-state index in [4.69, 9.17) is 9.47 Å². The lowest BCUT2D eigenvalue weighted by Crippen LogP contribution is -2.17. The monoisotopic (exact) mass is 389 g/mol. The number of hydrogen-bond acceptors (Lipinski definition) is 6. The second-order valence-electron chi connectivity index (χ2n) is 6.02. The number of benzene rings is 1. The van der Waals surface area contributed by atoms with Gasteiger partial charge >= 0.3 is 5.97 Å². The molecule has 144 valence electrons. The summed E-state index contributed by atoms with van der Waals surface area (Å²) in [7, 11) is 1.51. The fourth-order valence-electron chi connectivity index (χ4n) is 2.64. The van der Waals surface area contributed by atoms with Crippen molar-refractivity contribution in [3.05, 3.63) is 45.3 Å². The Morgan fingerprint density at radius 1 is 1.19 bits per heavy atom. The minimum Gasteiger partial charge on any atom is -0.496 e. The molecule has 7 heteroatoms. The molecule has 1 heterocycles. The molecule has 6 nitrogen and oxygen atoms in total. The highest BCUT2D eigenvalue weighted by atomic mass is 32.1. The summed E-state index contributed by atoms with van der Waals surface area (Å²) in [4.78, 5) is 37.4. The van der Waals surface area contributed by atoms with Crippen molar-refractivity contribution in [1.29, 1.82) is 0 Å². The summed E-state index contributed by atoms with van der Waals surface area (Å²) >= 11 is 1.33. The number of ketones is 1. The van der Waals surface area contributed by atoms with Gasteiger partial charge in [-0.2, -0.15) is 0 Å². The molecular weight excluding hydrogens is 366 g/mol. The fraction of sp³-hybridized carbons (Fsp3) is 0.350. The summed E-state index contributed by atoms with van der Waals surface area (Å²) in [6.45, 7) is 7.17. The van der Waals surface area contributed by atoms with Crippen molar-refractivity contribution in [1.82, 2.24) is 0 Å². The number of carbonyl (C=O) groups excluding carboxylic acids is 3.